The molecule has 0 spiro atoms. The molecule has 5 nitrogen and oxygen atoms in total. The molecule has 3 N–H and O–H groups in total. The minimum absolute atomic E-state index is 0.127. The van der Waals surface area contributed by atoms with Crippen LogP contribution in [-0.2, 0) is 13.1 Å². The molecular formula is C23H40N4O. The number of rotatable bonds is 11. The molecule has 1 aromatic rings. The molecule has 0 atom stereocenters. The Morgan fingerprint density at radius 2 is 1.68 bits per heavy atom. The van der Waals surface area contributed by atoms with E-state index in [1.165, 1.54) is 37.1 Å². The lowest BCUT2D eigenvalue weighted by Gasteiger charge is -2.32. The molecule has 28 heavy (non-hydrogen) atoms. The lowest BCUT2D eigenvalue weighted by molar-refractivity contribution is 0.169. The van der Waals surface area contributed by atoms with E-state index in [1.54, 1.807) is 0 Å². The van der Waals surface area contributed by atoms with Crippen LogP contribution in [0.3, 0.4) is 0 Å². The van der Waals surface area contributed by atoms with Gasteiger partial charge in [0.15, 0.2) is 5.96 Å². The SMILES string of the molecule is CCNC(=NCc1ccc(CN2CCCC2)cc1)NCC(CC)(CC)CCO. The number of hydrogen-bond donors (Lipinski definition) is 3. The Hall–Kier alpha value is -1.59. The number of aliphatic hydroxyl groups excluding tert-OH is 1. The van der Waals surface area contributed by atoms with Crippen molar-refractivity contribution in [2.24, 2.45) is 10.4 Å². The summed E-state index contributed by atoms with van der Waals surface area (Å²) in [6.45, 7) is 12.6. The molecule has 158 valence electrons. The predicted octanol–water partition coefficient (Wildman–Crippen LogP) is 3.53. The quantitative estimate of drug-likeness (QED) is 0.401. The summed E-state index contributed by atoms with van der Waals surface area (Å²) in [6.07, 6.45) is 5.60. The molecule has 0 aliphatic carbocycles. The van der Waals surface area contributed by atoms with Gasteiger partial charge < -0.3 is 15.7 Å². The Morgan fingerprint density at radius 1 is 1.04 bits per heavy atom. The fraction of sp³-hybridized carbons (Fsp3) is 0.696. The number of benzene rings is 1. The molecule has 0 unspecified atom stereocenters. The van der Waals surface area contributed by atoms with Gasteiger partial charge >= 0.3 is 0 Å². The van der Waals surface area contributed by atoms with Crippen molar-refractivity contribution in [2.45, 2.75) is 66.0 Å². The van der Waals surface area contributed by atoms with Crippen LogP contribution in [0.5, 0.6) is 0 Å². The second kappa shape index (κ2) is 12.1. The largest absolute Gasteiger partial charge is 0.396 e. The third kappa shape index (κ3) is 7.10. The Balaban J connectivity index is 1.91. The van der Waals surface area contributed by atoms with E-state index >= 15 is 0 Å². The van der Waals surface area contributed by atoms with Crippen LogP contribution >= 0.6 is 0 Å². The van der Waals surface area contributed by atoms with Gasteiger partial charge in [-0.1, -0.05) is 38.1 Å². The van der Waals surface area contributed by atoms with E-state index in [4.69, 9.17) is 4.99 Å². The average Bonchev–Trinajstić information content (AvgIpc) is 3.23. The average molecular weight is 389 g/mol. The first-order chi connectivity index (χ1) is 13.6. The second-order valence-corrected chi connectivity index (χ2v) is 8.03. The van der Waals surface area contributed by atoms with Gasteiger partial charge in [-0.2, -0.15) is 0 Å². The van der Waals surface area contributed by atoms with Gasteiger partial charge in [-0.25, -0.2) is 4.99 Å². The summed E-state index contributed by atoms with van der Waals surface area (Å²) in [6, 6.07) is 8.88. The summed E-state index contributed by atoms with van der Waals surface area (Å²) in [5.41, 5.74) is 2.75. The lowest BCUT2D eigenvalue weighted by Crippen LogP contribution is -2.43. The van der Waals surface area contributed by atoms with Gasteiger partial charge in [-0.3, -0.25) is 4.90 Å². The van der Waals surface area contributed by atoms with Crippen LogP contribution in [0, 0.1) is 5.41 Å². The predicted molar refractivity (Wildman–Crippen MR) is 118 cm³/mol. The third-order valence-corrected chi connectivity index (χ3v) is 6.16. The van der Waals surface area contributed by atoms with Gasteiger partial charge in [0.05, 0.1) is 6.54 Å². The summed E-state index contributed by atoms with van der Waals surface area (Å²) in [5.74, 6) is 0.854. The van der Waals surface area contributed by atoms with E-state index in [9.17, 15) is 5.11 Å². The van der Waals surface area contributed by atoms with Crippen LogP contribution < -0.4 is 10.6 Å². The zero-order valence-corrected chi connectivity index (χ0v) is 18.1. The summed E-state index contributed by atoms with van der Waals surface area (Å²) >= 11 is 0. The maximum Gasteiger partial charge on any atom is 0.191 e. The first-order valence-corrected chi connectivity index (χ1v) is 11.1. The van der Waals surface area contributed by atoms with Crippen molar-refractivity contribution in [3.05, 3.63) is 35.4 Å². The van der Waals surface area contributed by atoms with E-state index in [0.717, 1.165) is 44.9 Å². The third-order valence-electron chi connectivity index (χ3n) is 6.16. The number of nitrogens with zero attached hydrogens (tertiary/aromatic N) is 2. The fourth-order valence-electron chi connectivity index (χ4n) is 3.91. The van der Waals surface area contributed by atoms with Crippen LogP contribution in [-0.4, -0.2) is 48.8 Å². The Morgan fingerprint density at radius 3 is 2.25 bits per heavy atom. The van der Waals surface area contributed by atoms with Crippen LogP contribution in [0.2, 0.25) is 0 Å². The highest BCUT2D eigenvalue weighted by atomic mass is 16.3. The van der Waals surface area contributed by atoms with Crippen molar-refractivity contribution in [3.63, 3.8) is 0 Å². The molecule has 0 radical (unpaired) electrons. The highest BCUT2D eigenvalue weighted by molar-refractivity contribution is 5.79. The zero-order valence-electron chi connectivity index (χ0n) is 18.1. The van der Waals surface area contributed by atoms with Gasteiger partial charge in [-0.05, 0) is 68.7 Å². The summed E-state index contributed by atoms with van der Waals surface area (Å²) in [4.78, 5) is 7.30. The number of aliphatic imine (C=N–C) groups is 1. The first kappa shape index (κ1) is 22.7. The van der Waals surface area contributed by atoms with Gasteiger partial charge in [-0.15, -0.1) is 0 Å². The lowest BCUT2D eigenvalue weighted by atomic mass is 9.79. The highest BCUT2D eigenvalue weighted by Crippen LogP contribution is 2.29. The molecule has 1 aliphatic rings. The molecule has 1 aromatic carbocycles. The van der Waals surface area contributed by atoms with Crippen LogP contribution in [0.4, 0.5) is 0 Å². The monoisotopic (exact) mass is 388 g/mol. The number of hydrogen-bond acceptors (Lipinski definition) is 3. The van der Waals surface area contributed by atoms with Crippen molar-refractivity contribution < 1.29 is 5.11 Å². The fourth-order valence-corrected chi connectivity index (χ4v) is 3.91. The molecule has 0 aromatic heterocycles. The maximum atomic E-state index is 9.42. The van der Waals surface area contributed by atoms with Crippen LogP contribution in [0.25, 0.3) is 0 Å². The Bertz CT molecular complexity index is 575. The molecule has 1 heterocycles. The first-order valence-electron chi connectivity index (χ1n) is 11.1. The van der Waals surface area contributed by atoms with Gasteiger partial charge in [0.1, 0.15) is 0 Å². The Kier molecular flexibility index (Phi) is 9.79. The minimum Gasteiger partial charge on any atom is -0.396 e. The van der Waals surface area contributed by atoms with Crippen molar-refractivity contribution in [2.75, 3.05) is 32.8 Å². The van der Waals surface area contributed by atoms with E-state index in [0.29, 0.717) is 6.54 Å². The second-order valence-electron chi connectivity index (χ2n) is 8.03. The molecule has 0 amide bonds. The molecule has 5 heteroatoms. The highest BCUT2D eigenvalue weighted by Gasteiger charge is 2.25. The summed E-state index contributed by atoms with van der Waals surface area (Å²) in [7, 11) is 0. The van der Waals surface area contributed by atoms with Gasteiger partial charge in [0, 0.05) is 26.2 Å². The molecule has 0 bridgehead atoms. The summed E-state index contributed by atoms with van der Waals surface area (Å²) < 4.78 is 0. The zero-order chi connectivity index (χ0) is 20.2. The molecular weight excluding hydrogens is 348 g/mol. The van der Waals surface area contributed by atoms with E-state index in [-0.39, 0.29) is 12.0 Å². The van der Waals surface area contributed by atoms with E-state index < -0.39 is 0 Å². The van der Waals surface area contributed by atoms with Crippen molar-refractivity contribution in [3.8, 4) is 0 Å². The van der Waals surface area contributed by atoms with Crippen LogP contribution in [0.15, 0.2) is 29.3 Å². The van der Waals surface area contributed by atoms with Crippen LogP contribution in [0.1, 0.15) is 64.0 Å². The minimum atomic E-state index is 0.127. The molecule has 1 saturated heterocycles. The molecule has 2 rings (SSSR count). The standard InChI is InChI=1S/C23H40N4O/c1-4-23(5-2,13-16-28)19-26-22(24-6-3)25-17-20-9-11-21(12-10-20)18-27-14-7-8-15-27/h9-12,28H,4-8,13-19H2,1-3H3,(H2,24,25,26). The number of guanidine groups is 1. The van der Waals surface area contributed by atoms with Gasteiger partial charge in [0.25, 0.3) is 0 Å². The smallest absolute Gasteiger partial charge is 0.191 e. The molecule has 0 saturated carbocycles. The normalized spacial score (nSPS) is 15.8. The van der Waals surface area contributed by atoms with Gasteiger partial charge in [0.2, 0.25) is 0 Å². The topological polar surface area (TPSA) is 59.9 Å². The Labute approximate surface area is 171 Å². The number of nitrogens with one attached hydrogen (secondary N) is 2. The number of aliphatic hydroxyl groups is 1. The van der Waals surface area contributed by atoms with E-state index in [2.05, 4.69) is 60.6 Å². The van der Waals surface area contributed by atoms with Crippen molar-refractivity contribution in [1.29, 1.82) is 0 Å². The van der Waals surface area contributed by atoms with Crippen molar-refractivity contribution >= 4 is 5.96 Å². The molecule has 1 fully saturated rings. The number of likely N-dealkylation sites (tertiary alicyclic amines) is 1. The maximum absolute atomic E-state index is 9.42. The van der Waals surface area contributed by atoms with E-state index in [1.807, 2.05) is 0 Å². The molecule has 1 aliphatic heterocycles. The van der Waals surface area contributed by atoms with Crippen molar-refractivity contribution in [1.82, 2.24) is 15.5 Å². The summed E-state index contributed by atoms with van der Waals surface area (Å²) in [5, 5.41) is 16.3.